The largest absolute Gasteiger partial charge is 0.394 e. The molecule has 0 spiro atoms. The molecule has 2 atom stereocenters. The van der Waals surface area contributed by atoms with Crippen molar-refractivity contribution < 1.29 is 14.9 Å². The van der Waals surface area contributed by atoms with Gasteiger partial charge in [0.05, 0.1) is 36.7 Å². The topological polar surface area (TPSA) is 76.7 Å². The molecule has 1 heterocycles. The fraction of sp³-hybridized carbons (Fsp3) is 0.500. The molecule has 0 aromatic heterocycles. The molecule has 5 heteroatoms. The van der Waals surface area contributed by atoms with Gasteiger partial charge >= 0.3 is 0 Å². The van der Waals surface area contributed by atoms with Gasteiger partial charge in [0.2, 0.25) is 0 Å². The van der Waals surface area contributed by atoms with Crippen LogP contribution in [0.5, 0.6) is 0 Å². The van der Waals surface area contributed by atoms with Gasteiger partial charge in [-0.3, -0.25) is 0 Å². The monoisotopic (exact) mass is 262 g/mol. The van der Waals surface area contributed by atoms with Gasteiger partial charge in [-0.25, -0.2) is 0 Å². The Kier molecular flexibility index (Phi) is 4.38. The first-order valence-corrected chi connectivity index (χ1v) is 6.33. The van der Waals surface area contributed by atoms with Crippen LogP contribution in [0.1, 0.15) is 18.1 Å². The van der Waals surface area contributed by atoms with Gasteiger partial charge in [-0.15, -0.1) is 0 Å². The lowest BCUT2D eigenvalue weighted by Gasteiger charge is -2.38. The number of aliphatic hydroxyl groups excluding tert-OH is 2. The van der Waals surface area contributed by atoms with Crippen molar-refractivity contribution in [1.29, 1.82) is 5.26 Å². The first-order chi connectivity index (χ1) is 9.17. The Morgan fingerprint density at radius 1 is 1.42 bits per heavy atom. The fourth-order valence-corrected chi connectivity index (χ4v) is 2.39. The highest BCUT2D eigenvalue weighted by Crippen LogP contribution is 2.25. The Balaban J connectivity index is 2.28. The molecular weight excluding hydrogens is 244 g/mol. The molecule has 1 aliphatic heterocycles. The molecule has 102 valence electrons. The van der Waals surface area contributed by atoms with Crippen LogP contribution in [0.3, 0.4) is 0 Å². The fourth-order valence-electron chi connectivity index (χ4n) is 2.39. The van der Waals surface area contributed by atoms with Crippen LogP contribution in [0.25, 0.3) is 0 Å². The molecule has 0 aliphatic carbocycles. The van der Waals surface area contributed by atoms with E-state index in [1.807, 2.05) is 19.1 Å². The van der Waals surface area contributed by atoms with Crippen molar-refractivity contribution in [3.63, 3.8) is 0 Å². The summed E-state index contributed by atoms with van der Waals surface area (Å²) in [5, 5.41) is 27.6. The number of anilines is 1. The lowest BCUT2D eigenvalue weighted by molar-refractivity contribution is -0.0421. The number of rotatable bonds is 3. The van der Waals surface area contributed by atoms with Gasteiger partial charge in [-0.05, 0) is 24.6 Å². The van der Waals surface area contributed by atoms with Crippen LogP contribution >= 0.6 is 0 Å². The quantitative estimate of drug-likeness (QED) is 0.836. The standard InChI is InChI=1S/C14H18N2O3/c1-10-6-16(7-13(9-18)19-10)14-3-2-11(8-17)4-12(14)5-15/h2-4,10,13,17-18H,6-9H2,1H3. The molecule has 0 bridgehead atoms. The second-order valence-electron chi connectivity index (χ2n) is 4.78. The Bertz CT molecular complexity index is 484. The maximum Gasteiger partial charge on any atom is 0.101 e. The van der Waals surface area contributed by atoms with E-state index in [-0.39, 0.29) is 25.4 Å². The molecule has 0 radical (unpaired) electrons. The summed E-state index contributed by atoms with van der Waals surface area (Å²) in [6.07, 6.45) is -0.220. The molecular formula is C14H18N2O3. The summed E-state index contributed by atoms with van der Waals surface area (Å²) in [4.78, 5) is 2.05. The predicted molar refractivity (Wildman–Crippen MR) is 70.7 cm³/mol. The van der Waals surface area contributed by atoms with E-state index < -0.39 is 0 Å². The van der Waals surface area contributed by atoms with Gasteiger partial charge in [-0.2, -0.15) is 5.26 Å². The summed E-state index contributed by atoms with van der Waals surface area (Å²) >= 11 is 0. The Hall–Kier alpha value is -1.61. The Morgan fingerprint density at radius 3 is 2.84 bits per heavy atom. The number of morpholine rings is 1. The zero-order valence-corrected chi connectivity index (χ0v) is 10.9. The van der Waals surface area contributed by atoms with Gasteiger partial charge in [0.25, 0.3) is 0 Å². The summed E-state index contributed by atoms with van der Waals surface area (Å²) in [5.41, 5.74) is 2.09. The Labute approximate surface area is 112 Å². The second kappa shape index (κ2) is 6.02. The van der Waals surface area contributed by atoms with Crippen LogP contribution < -0.4 is 4.90 Å². The molecule has 1 saturated heterocycles. The van der Waals surface area contributed by atoms with E-state index in [1.165, 1.54) is 0 Å². The van der Waals surface area contributed by atoms with Crippen molar-refractivity contribution in [2.24, 2.45) is 0 Å². The number of aliphatic hydroxyl groups is 2. The predicted octanol–water partition coefficient (Wildman–Crippen LogP) is 0.637. The summed E-state index contributed by atoms with van der Waals surface area (Å²) in [5.74, 6) is 0. The summed E-state index contributed by atoms with van der Waals surface area (Å²) in [6, 6.07) is 7.51. The van der Waals surface area contributed by atoms with Crippen molar-refractivity contribution in [2.45, 2.75) is 25.7 Å². The maximum atomic E-state index is 9.23. The van der Waals surface area contributed by atoms with Gasteiger partial charge in [0, 0.05) is 13.1 Å². The van der Waals surface area contributed by atoms with Crippen LogP contribution in [0.4, 0.5) is 5.69 Å². The van der Waals surface area contributed by atoms with Gasteiger partial charge in [0.1, 0.15) is 6.07 Å². The number of hydrogen-bond donors (Lipinski definition) is 2. The minimum atomic E-state index is -0.229. The average molecular weight is 262 g/mol. The number of benzene rings is 1. The molecule has 1 aliphatic rings. The van der Waals surface area contributed by atoms with Gasteiger partial charge < -0.3 is 19.8 Å². The third kappa shape index (κ3) is 3.04. The molecule has 0 saturated carbocycles. The third-order valence-corrected chi connectivity index (χ3v) is 3.23. The normalized spacial score (nSPS) is 23.2. The summed E-state index contributed by atoms with van der Waals surface area (Å²) < 4.78 is 5.59. The maximum absolute atomic E-state index is 9.23. The number of ether oxygens (including phenoxy) is 1. The van der Waals surface area contributed by atoms with Crippen molar-refractivity contribution >= 4 is 5.69 Å². The highest BCUT2D eigenvalue weighted by Gasteiger charge is 2.26. The minimum Gasteiger partial charge on any atom is -0.394 e. The lowest BCUT2D eigenvalue weighted by atomic mass is 10.1. The molecule has 1 aromatic rings. The van der Waals surface area contributed by atoms with E-state index in [2.05, 4.69) is 11.0 Å². The molecule has 2 N–H and O–H groups in total. The van der Waals surface area contributed by atoms with E-state index in [0.717, 1.165) is 11.3 Å². The van der Waals surface area contributed by atoms with E-state index >= 15 is 0 Å². The first kappa shape index (κ1) is 13.8. The highest BCUT2D eigenvalue weighted by atomic mass is 16.5. The molecule has 2 unspecified atom stereocenters. The van der Waals surface area contributed by atoms with E-state index in [9.17, 15) is 10.4 Å². The van der Waals surface area contributed by atoms with Crippen LogP contribution in [-0.4, -0.2) is 42.1 Å². The van der Waals surface area contributed by atoms with E-state index in [1.54, 1.807) is 6.07 Å². The van der Waals surface area contributed by atoms with Crippen molar-refractivity contribution in [3.8, 4) is 6.07 Å². The summed E-state index contributed by atoms with van der Waals surface area (Å²) in [6.45, 7) is 3.09. The van der Waals surface area contributed by atoms with Gasteiger partial charge in [-0.1, -0.05) is 6.07 Å². The number of nitriles is 1. The van der Waals surface area contributed by atoms with E-state index in [4.69, 9.17) is 9.84 Å². The number of hydrogen-bond acceptors (Lipinski definition) is 5. The zero-order chi connectivity index (χ0) is 13.8. The van der Waals surface area contributed by atoms with Crippen molar-refractivity contribution in [2.75, 3.05) is 24.6 Å². The molecule has 2 rings (SSSR count). The summed E-state index contributed by atoms with van der Waals surface area (Å²) in [7, 11) is 0. The van der Waals surface area contributed by atoms with Crippen LogP contribution in [0, 0.1) is 11.3 Å². The smallest absolute Gasteiger partial charge is 0.101 e. The van der Waals surface area contributed by atoms with Crippen LogP contribution in [0.2, 0.25) is 0 Å². The second-order valence-corrected chi connectivity index (χ2v) is 4.78. The van der Waals surface area contributed by atoms with Gasteiger partial charge in [0.15, 0.2) is 0 Å². The van der Waals surface area contributed by atoms with Crippen molar-refractivity contribution in [3.05, 3.63) is 29.3 Å². The molecule has 0 amide bonds. The Morgan fingerprint density at radius 2 is 2.21 bits per heavy atom. The molecule has 19 heavy (non-hydrogen) atoms. The SMILES string of the molecule is CC1CN(c2ccc(CO)cc2C#N)CC(CO)O1. The molecule has 1 aromatic carbocycles. The number of nitrogens with zero attached hydrogens (tertiary/aromatic N) is 2. The average Bonchev–Trinajstić information content (AvgIpc) is 2.45. The highest BCUT2D eigenvalue weighted by molar-refractivity contribution is 5.60. The van der Waals surface area contributed by atoms with Crippen molar-refractivity contribution in [1.82, 2.24) is 0 Å². The van der Waals surface area contributed by atoms with Crippen LogP contribution in [0.15, 0.2) is 18.2 Å². The third-order valence-electron chi connectivity index (χ3n) is 3.23. The first-order valence-electron chi connectivity index (χ1n) is 6.33. The molecule has 5 nitrogen and oxygen atoms in total. The van der Waals surface area contributed by atoms with Crippen LogP contribution in [-0.2, 0) is 11.3 Å². The zero-order valence-electron chi connectivity index (χ0n) is 10.9. The van der Waals surface area contributed by atoms with E-state index in [0.29, 0.717) is 18.7 Å². The molecule has 1 fully saturated rings. The minimum absolute atomic E-state index is 0.00922. The lowest BCUT2D eigenvalue weighted by Crippen LogP contribution is -2.48.